The van der Waals surface area contributed by atoms with Crippen LogP contribution in [0.2, 0.25) is 0 Å². The lowest BCUT2D eigenvalue weighted by Crippen LogP contribution is -2.24. The van der Waals surface area contributed by atoms with Gasteiger partial charge >= 0.3 is 0 Å². The van der Waals surface area contributed by atoms with Gasteiger partial charge in [0.15, 0.2) is 18.9 Å². The van der Waals surface area contributed by atoms with E-state index in [0.29, 0.717) is 0 Å². The standard InChI is InChI=1S/C7H14O4/c1-4-7(10-5(2)8)11-6(3)9/h4-9H,1H2,2-3H3. The fraction of sp³-hybridized carbons (Fsp3) is 0.714. The topological polar surface area (TPSA) is 58.9 Å². The first-order valence-electron chi connectivity index (χ1n) is 3.36. The highest BCUT2D eigenvalue weighted by atomic mass is 16.8. The number of aliphatic hydroxyl groups is 2. The fourth-order valence-electron chi connectivity index (χ4n) is 0.531. The molecule has 0 rings (SSSR count). The molecule has 66 valence electrons. The molecule has 4 heteroatoms. The van der Waals surface area contributed by atoms with Gasteiger partial charge in [0.25, 0.3) is 0 Å². The molecule has 2 atom stereocenters. The van der Waals surface area contributed by atoms with Crippen molar-refractivity contribution in [2.24, 2.45) is 0 Å². The molecule has 0 saturated heterocycles. The molecule has 2 N–H and O–H groups in total. The molecular weight excluding hydrogens is 148 g/mol. The molecule has 0 bridgehead atoms. The second-order valence-corrected chi connectivity index (χ2v) is 2.07. The first-order chi connectivity index (χ1) is 5.06. The third-order valence-corrected chi connectivity index (χ3v) is 0.855. The van der Waals surface area contributed by atoms with Crippen molar-refractivity contribution in [1.82, 2.24) is 0 Å². The second kappa shape index (κ2) is 5.26. The maximum absolute atomic E-state index is 8.74. The Bertz CT molecular complexity index is 101. The van der Waals surface area contributed by atoms with Gasteiger partial charge in [0.2, 0.25) is 0 Å². The van der Waals surface area contributed by atoms with Crippen LogP contribution in [0.25, 0.3) is 0 Å². The minimum Gasteiger partial charge on any atom is -0.368 e. The highest BCUT2D eigenvalue weighted by Crippen LogP contribution is 2.01. The SMILES string of the molecule is C=CC(OC(C)O)OC(C)O. The quantitative estimate of drug-likeness (QED) is 0.448. The van der Waals surface area contributed by atoms with Crippen LogP contribution in [-0.2, 0) is 9.47 Å². The Morgan fingerprint density at radius 2 is 1.55 bits per heavy atom. The number of rotatable bonds is 5. The Morgan fingerprint density at radius 3 is 1.73 bits per heavy atom. The van der Waals surface area contributed by atoms with Gasteiger partial charge < -0.3 is 19.7 Å². The van der Waals surface area contributed by atoms with Gasteiger partial charge in [0.1, 0.15) is 0 Å². The minimum atomic E-state index is -0.934. The maximum Gasteiger partial charge on any atom is 0.182 e. The van der Waals surface area contributed by atoms with E-state index in [1.54, 1.807) is 0 Å². The van der Waals surface area contributed by atoms with Crippen LogP contribution in [0, 0.1) is 0 Å². The largest absolute Gasteiger partial charge is 0.368 e. The van der Waals surface area contributed by atoms with Crippen LogP contribution >= 0.6 is 0 Å². The fourth-order valence-corrected chi connectivity index (χ4v) is 0.531. The summed E-state index contributed by atoms with van der Waals surface area (Å²) in [6.45, 7) is 6.29. The van der Waals surface area contributed by atoms with Crippen molar-refractivity contribution in [3.8, 4) is 0 Å². The molecule has 0 heterocycles. The summed E-state index contributed by atoms with van der Waals surface area (Å²) < 4.78 is 9.53. The molecule has 0 spiro atoms. The van der Waals surface area contributed by atoms with E-state index in [-0.39, 0.29) is 0 Å². The predicted octanol–water partition coefficient (Wildman–Crippen LogP) is 0.208. The maximum atomic E-state index is 8.74. The van der Waals surface area contributed by atoms with Crippen LogP contribution in [0.3, 0.4) is 0 Å². The summed E-state index contributed by atoms with van der Waals surface area (Å²) >= 11 is 0. The Balaban J connectivity index is 3.67. The van der Waals surface area contributed by atoms with Gasteiger partial charge in [-0.15, -0.1) is 0 Å². The lowest BCUT2D eigenvalue weighted by Gasteiger charge is -2.17. The van der Waals surface area contributed by atoms with E-state index in [4.69, 9.17) is 19.7 Å². The van der Waals surface area contributed by atoms with Crippen molar-refractivity contribution < 1.29 is 19.7 Å². The van der Waals surface area contributed by atoms with E-state index < -0.39 is 18.9 Å². The molecule has 0 fully saturated rings. The van der Waals surface area contributed by atoms with Crippen molar-refractivity contribution in [2.75, 3.05) is 0 Å². The molecule has 0 saturated carbocycles. The van der Waals surface area contributed by atoms with Gasteiger partial charge in [0.05, 0.1) is 0 Å². The van der Waals surface area contributed by atoms with Crippen LogP contribution < -0.4 is 0 Å². The van der Waals surface area contributed by atoms with Gasteiger partial charge in [-0.25, -0.2) is 0 Å². The summed E-state index contributed by atoms with van der Waals surface area (Å²) in [5.74, 6) is 0. The molecule has 0 aromatic rings. The van der Waals surface area contributed by atoms with Gasteiger partial charge in [-0.05, 0) is 19.9 Å². The number of ether oxygens (including phenoxy) is 2. The average molecular weight is 162 g/mol. The van der Waals surface area contributed by atoms with Gasteiger partial charge in [-0.3, -0.25) is 0 Å². The minimum absolute atomic E-state index is 0.769. The van der Waals surface area contributed by atoms with Crippen molar-refractivity contribution in [3.05, 3.63) is 12.7 Å². The molecule has 0 aromatic heterocycles. The Hall–Kier alpha value is -0.420. The summed E-state index contributed by atoms with van der Waals surface area (Å²) in [4.78, 5) is 0. The molecule has 0 aliphatic rings. The zero-order valence-corrected chi connectivity index (χ0v) is 6.73. The van der Waals surface area contributed by atoms with E-state index in [2.05, 4.69) is 6.58 Å². The Kier molecular flexibility index (Phi) is 5.06. The summed E-state index contributed by atoms with van der Waals surface area (Å²) in [5.41, 5.74) is 0. The lowest BCUT2D eigenvalue weighted by molar-refractivity contribution is -0.247. The van der Waals surface area contributed by atoms with Crippen molar-refractivity contribution in [2.45, 2.75) is 32.7 Å². The van der Waals surface area contributed by atoms with Crippen LogP contribution in [0.4, 0.5) is 0 Å². The Labute approximate surface area is 66.1 Å². The van der Waals surface area contributed by atoms with Gasteiger partial charge in [-0.2, -0.15) is 0 Å². The highest BCUT2D eigenvalue weighted by Gasteiger charge is 2.09. The molecule has 11 heavy (non-hydrogen) atoms. The molecule has 0 radical (unpaired) electrons. The number of aliphatic hydroxyl groups excluding tert-OH is 2. The normalized spacial score (nSPS) is 18.9. The summed E-state index contributed by atoms with van der Waals surface area (Å²) in [6.07, 6.45) is -1.29. The van der Waals surface area contributed by atoms with Gasteiger partial charge in [-0.1, -0.05) is 6.58 Å². The number of hydrogen-bond donors (Lipinski definition) is 2. The molecule has 0 aliphatic heterocycles. The molecule has 0 amide bonds. The van der Waals surface area contributed by atoms with Crippen LogP contribution in [0.1, 0.15) is 13.8 Å². The Morgan fingerprint density at radius 1 is 1.18 bits per heavy atom. The third kappa shape index (κ3) is 6.00. The van der Waals surface area contributed by atoms with Crippen LogP contribution in [0.5, 0.6) is 0 Å². The van der Waals surface area contributed by atoms with Gasteiger partial charge in [0, 0.05) is 0 Å². The first-order valence-corrected chi connectivity index (χ1v) is 3.36. The van der Waals surface area contributed by atoms with E-state index in [1.165, 1.54) is 19.9 Å². The predicted molar refractivity (Wildman–Crippen MR) is 39.5 cm³/mol. The average Bonchev–Trinajstić information content (AvgIpc) is 1.84. The molecule has 0 aliphatic carbocycles. The van der Waals surface area contributed by atoms with E-state index in [9.17, 15) is 0 Å². The zero-order valence-electron chi connectivity index (χ0n) is 6.73. The van der Waals surface area contributed by atoms with Crippen molar-refractivity contribution >= 4 is 0 Å². The van der Waals surface area contributed by atoms with E-state index in [1.807, 2.05) is 0 Å². The van der Waals surface area contributed by atoms with Crippen LogP contribution in [-0.4, -0.2) is 29.1 Å². The monoisotopic (exact) mass is 162 g/mol. The van der Waals surface area contributed by atoms with Crippen LogP contribution in [0.15, 0.2) is 12.7 Å². The first kappa shape index (κ1) is 10.6. The zero-order chi connectivity index (χ0) is 8.85. The van der Waals surface area contributed by atoms with E-state index >= 15 is 0 Å². The lowest BCUT2D eigenvalue weighted by atomic mass is 10.6. The highest BCUT2D eigenvalue weighted by molar-refractivity contribution is 4.72. The smallest absolute Gasteiger partial charge is 0.182 e. The van der Waals surface area contributed by atoms with Crippen molar-refractivity contribution in [3.63, 3.8) is 0 Å². The number of hydrogen-bond acceptors (Lipinski definition) is 4. The van der Waals surface area contributed by atoms with E-state index in [0.717, 1.165) is 0 Å². The second-order valence-electron chi connectivity index (χ2n) is 2.07. The molecule has 4 nitrogen and oxygen atoms in total. The summed E-state index contributed by atoms with van der Waals surface area (Å²) in [6, 6.07) is 0. The summed E-state index contributed by atoms with van der Waals surface area (Å²) in [5, 5.41) is 17.5. The van der Waals surface area contributed by atoms with Crippen molar-refractivity contribution in [1.29, 1.82) is 0 Å². The molecule has 2 unspecified atom stereocenters. The molecular formula is C7H14O4. The third-order valence-electron chi connectivity index (χ3n) is 0.855. The molecule has 0 aromatic carbocycles. The summed E-state index contributed by atoms with van der Waals surface area (Å²) in [7, 11) is 0.